The molecule has 0 spiro atoms. The average molecular weight is 364 g/mol. The smallest absolute Gasteiger partial charge is 0.304 e. The van der Waals surface area contributed by atoms with E-state index in [4.69, 9.17) is 10.8 Å². The Kier molecular flexibility index (Phi) is 22.1. The summed E-state index contributed by atoms with van der Waals surface area (Å²) in [4.78, 5) is 10.3. The summed E-state index contributed by atoms with van der Waals surface area (Å²) in [7, 11) is 0. The van der Waals surface area contributed by atoms with Gasteiger partial charge in [0.1, 0.15) is 0 Å². The average Bonchev–Trinajstić information content (AvgIpc) is 2.38. The van der Waals surface area contributed by atoms with Crippen LogP contribution in [0.15, 0.2) is 11.6 Å². The van der Waals surface area contributed by atoms with Gasteiger partial charge in [-0.2, -0.15) is 0 Å². The first-order valence-electron chi connectivity index (χ1n) is 9.33. The Labute approximate surface area is 156 Å². The summed E-state index contributed by atoms with van der Waals surface area (Å²) >= 11 is 0. The van der Waals surface area contributed by atoms with E-state index in [1.165, 1.54) is 31.3 Å². The molecule has 3 atom stereocenters. The molecule has 0 aromatic heterocycles. The van der Waals surface area contributed by atoms with E-state index in [1.54, 1.807) is 0 Å². The van der Waals surface area contributed by atoms with Crippen molar-refractivity contribution in [1.29, 1.82) is 0 Å². The molecule has 0 heterocycles. The minimum atomic E-state index is -0.800. The van der Waals surface area contributed by atoms with E-state index in [2.05, 4.69) is 47.6 Å². The summed E-state index contributed by atoms with van der Waals surface area (Å²) in [6.07, 6.45) is 10.9. The number of carboxylic acids is 1. The van der Waals surface area contributed by atoms with E-state index >= 15 is 0 Å². The van der Waals surface area contributed by atoms with E-state index in [1.807, 2.05) is 0 Å². The molecule has 0 rings (SSSR count). The van der Waals surface area contributed by atoms with E-state index in [-0.39, 0.29) is 24.9 Å². The molecule has 3 N–H and O–H groups in total. The van der Waals surface area contributed by atoms with Crippen molar-refractivity contribution >= 4 is 18.4 Å². The van der Waals surface area contributed by atoms with E-state index in [0.717, 1.165) is 25.2 Å². The summed E-state index contributed by atoms with van der Waals surface area (Å²) in [6, 6.07) is -0.177. The molecule has 24 heavy (non-hydrogen) atoms. The van der Waals surface area contributed by atoms with Gasteiger partial charge >= 0.3 is 5.97 Å². The van der Waals surface area contributed by atoms with E-state index in [0.29, 0.717) is 5.92 Å². The third kappa shape index (κ3) is 23.7. The zero-order chi connectivity index (χ0) is 18.3. The molecule has 3 nitrogen and oxygen atoms in total. The van der Waals surface area contributed by atoms with Crippen LogP contribution < -0.4 is 5.73 Å². The Balaban J connectivity index is -0.000000354. The molecule has 0 bridgehead atoms. The minimum Gasteiger partial charge on any atom is -0.481 e. The van der Waals surface area contributed by atoms with Gasteiger partial charge in [-0.1, -0.05) is 65.0 Å². The number of halogens is 1. The highest BCUT2D eigenvalue weighted by molar-refractivity contribution is 5.85. The fourth-order valence-corrected chi connectivity index (χ4v) is 2.73. The van der Waals surface area contributed by atoms with Crippen molar-refractivity contribution in [2.75, 3.05) is 0 Å². The lowest BCUT2D eigenvalue weighted by Gasteiger charge is -2.14. The molecule has 0 aliphatic carbocycles. The predicted octanol–water partition coefficient (Wildman–Crippen LogP) is 6.21. The first-order chi connectivity index (χ1) is 10.7. The Morgan fingerprint density at radius 3 is 1.96 bits per heavy atom. The summed E-state index contributed by atoms with van der Waals surface area (Å²) in [6.45, 7) is 13.2. The van der Waals surface area contributed by atoms with Gasteiger partial charge in [0, 0.05) is 6.04 Å². The van der Waals surface area contributed by atoms with Crippen LogP contribution in [0.3, 0.4) is 0 Å². The van der Waals surface area contributed by atoms with Crippen LogP contribution in [0.4, 0.5) is 0 Å². The van der Waals surface area contributed by atoms with E-state index in [9.17, 15) is 4.79 Å². The zero-order valence-corrected chi connectivity index (χ0v) is 17.6. The van der Waals surface area contributed by atoms with Gasteiger partial charge in [-0.3, -0.25) is 4.79 Å². The molecule has 0 saturated carbocycles. The maximum atomic E-state index is 10.3. The van der Waals surface area contributed by atoms with Gasteiger partial charge in [0.25, 0.3) is 0 Å². The molecule has 0 aliphatic heterocycles. The Morgan fingerprint density at radius 2 is 1.54 bits per heavy atom. The Morgan fingerprint density at radius 1 is 1.04 bits per heavy atom. The van der Waals surface area contributed by atoms with Crippen molar-refractivity contribution in [3.63, 3.8) is 0 Å². The van der Waals surface area contributed by atoms with Crippen molar-refractivity contribution in [1.82, 2.24) is 0 Å². The Bertz CT molecular complexity index is 315. The van der Waals surface area contributed by atoms with Crippen molar-refractivity contribution in [2.45, 2.75) is 99.0 Å². The zero-order valence-electron chi connectivity index (χ0n) is 16.8. The number of nitrogens with two attached hydrogens (primary N) is 1. The second-order valence-electron chi connectivity index (χ2n) is 7.24. The van der Waals surface area contributed by atoms with Gasteiger partial charge in [0.15, 0.2) is 0 Å². The molecule has 0 radical (unpaired) electrons. The van der Waals surface area contributed by atoms with Gasteiger partial charge in [0.05, 0.1) is 6.42 Å². The maximum absolute atomic E-state index is 10.3. The summed E-state index contributed by atoms with van der Waals surface area (Å²) in [5, 5.41) is 8.45. The molecular weight excluding hydrogens is 322 g/mol. The van der Waals surface area contributed by atoms with Crippen LogP contribution in [0.25, 0.3) is 0 Å². The van der Waals surface area contributed by atoms with Crippen molar-refractivity contribution in [3.05, 3.63) is 11.6 Å². The molecule has 0 aromatic rings. The summed E-state index contributed by atoms with van der Waals surface area (Å²) in [5.41, 5.74) is 7.08. The highest BCUT2D eigenvalue weighted by Gasteiger charge is 2.11. The van der Waals surface area contributed by atoms with Gasteiger partial charge in [0.2, 0.25) is 0 Å². The molecular formula is C20H42ClNO2. The largest absolute Gasteiger partial charge is 0.481 e. The van der Waals surface area contributed by atoms with Crippen LogP contribution >= 0.6 is 12.4 Å². The van der Waals surface area contributed by atoms with Crippen LogP contribution in [-0.4, -0.2) is 17.1 Å². The minimum absolute atomic E-state index is 0. The number of hydrogen-bond donors (Lipinski definition) is 2. The molecule has 4 heteroatoms. The summed E-state index contributed by atoms with van der Waals surface area (Å²) in [5.74, 6) is 0.658. The normalized spacial score (nSPS) is 13.6. The molecule has 0 aromatic carbocycles. The first-order valence-corrected chi connectivity index (χ1v) is 9.33. The van der Waals surface area contributed by atoms with Gasteiger partial charge in [-0.25, -0.2) is 0 Å². The summed E-state index contributed by atoms with van der Waals surface area (Å²) < 4.78 is 0. The second-order valence-corrected chi connectivity index (χ2v) is 7.24. The fraction of sp³-hybridized carbons (Fsp3) is 0.850. The molecule has 0 saturated heterocycles. The van der Waals surface area contributed by atoms with Crippen molar-refractivity contribution in [3.8, 4) is 0 Å². The quantitative estimate of drug-likeness (QED) is 0.429. The lowest BCUT2D eigenvalue weighted by atomic mass is 9.96. The molecule has 146 valence electrons. The lowest BCUT2D eigenvalue weighted by molar-refractivity contribution is -0.137. The lowest BCUT2D eigenvalue weighted by Crippen LogP contribution is -2.25. The number of rotatable bonds is 11. The molecule has 0 unspecified atom stereocenters. The van der Waals surface area contributed by atoms with Gasteiger partial charge in [-0.05, 0) is 44.9 Å². The number of hydrogen-bond acceptors (Lipinski definition) is 2. The van der Waals surface area contributed by atoms with Crippen molar-refractivity contribution < 1.29 is 9.90 Å². The van der Waals surface area contributed by atoms with Crippen LogP contribution in [0.2, 0.25) is 0 Å². The number of carboxylic acid groups (broad SMARTS) is 1. The van der Waals surface area contributed by atoms with Gasteiger partial charge in [-0.15, -0.1) is 12.4 Å². The SMILES string of the molecule is CCC[C@@H](C)CCC=C(C)C.CCC[C@@H](C)C[C@H](N)CC(=O)O.Cl. The number of carbonyl (C=O) groups is 1. The highest BCUT2D eigenvalue weighted by atomic mass is 35.5. The number of aliphatic carboxylic acids is 1. The molecule has 0 aliphatic rings. The van der Waals surface area contributed by atoms with Crippen LogP contribution in [0.5, 0.6) is 0 Å². The van der Waals surface area contributed by atoms with Crippen LogP contribution in [0, 0.1) is 11.8 Å². The molecule has 0 amide bonds. The highest BCUT2D eigenvalue weighted by Crippen LogP contribution is 2.13. The third-order valence-electron chi connectivity index (χ3n) is 3.92. The maximum Gasteiger partial charge on any atom is 0.304 e. The predicted molar refractivity (Wildman–Crippen MR) is 109 cm³/mol. The van der Waals surface area contributed by atoms with Crippen LogP contribution in [0.1, 0.15) is 92.9 Å². The Hall–Kier alpha value is -0.540. The van der Waals surface area contributed by atoms with E-state index < -0.39 is 5.97 Å². The second kappa shape index (κ2) is 18.8. The standard InChI is InChI=1S/C11H22.C9H19NO2.ClH/c1-5-7-11(4)9-6-8-10(2)3;1-3-4-7(2)5-8(10)6-9(11)12;/h8,11H,5-7,9H2,1-4H3;7-8H,3-6,10H2,1-2H3,(H,11,12);1H/t11-;7-,8+;/m11./s1. The first kappa shape index (κ1) is 28.3. The number of allylic oxidation sites excluding steroid dienone is 2. The van der Waals surface area contributed by atoms with Crippen LogP contribution in [-0.2, 0) is 4.79 Å². The monoisotopic (exact) mass is 363 g/mol. The van der Waals surface area contributed by atoms with Gasteiger partial charge < -0.3 is 10.8 Å². The van der Waals surface area contributed by atoms with Crippen molar-refractivity contribution in [2.24, 2.45) is 17.6 Å². The fourth-order valence-electron chi connectivity index (χ4n) is 2.73. The topological polar surface area (TPSA) is 63.3 Å². The third-order valence-corrected chi connectivity index (χ3v) is 3.92. The molecule has 0 fully saturated rings.